The van der Waals surface area contributed by atoms with Gasteiger partial charge in [0.2, 0.25) is 0 Å². The van der Waals surface area contributed by atoms with E-state index in [-0.39, 0.29) is 23.5 Å². The number of rotatable bonds is 7. The average molecular weight is 403 g/mol. The Labute approximate surface area is 162 Å². The highest BCUT2D eigenvalue weighted by molar-refractivity contribution is 7.07. The Morgan fingerprint density at radius 2 is 2.11 bits per heavy atom. The van der Waals surface area contributed by atoms with Gasteiger partial charge in [-0.15, -0.1) is 11.3 Å². The molecule has 0 fully saturated rings. The Kier molecular flexibility index (Phi) is 5.80. The van der Waals surface area contributed by atoms with Crippen molar-refractivity contribution in [2.75, 3.05) is 12.4 Å². The molecule has 0 aliphatic carbocycles. The van der Waals surface area contributed by atoms with Crippen LogP contribution in [0.25, 0.3) is 0 Å². The summed E-state index contributed by atoms with van der Waals surface area (Å²) in [5, 5.41) is 15.0. The Hall–Kier alpha value is -3.53. The van der Waals surface area contributed by atoms with Gasteiger partial charge in [-0.2, -0.15) is 0 Å². The molecule has 1 aromatic heterocycles. The summed E-state index contributed by atoms with van der Waals surface area (Å²) in [6.07, 6.45) is 0. The Balaban J connectivity index is 1.77. The highest BCUT2D eigenvalue weighted by Gasteiger charge is 2.16. The number of aromatic nitrogens is 1. The van der Waals surface area contributed by atoms with Crippen molar-refractivity contribution < 1.29 is 23.6 Å². The summed E-state index contributed by atoms with van der Waals surface area (Å²) in [7, 11) is 1.42. The Morgan fingerprint density at radius 1 is 1.29 bits per heavy atom. The van der Waals surface area contributed by atoms with E-state index < -0.39 is 16.6 Å². The van der Waals surface area contributed by atoms with E-state index in [1.807, 2.05) is 5.38 Å². The molecule has 2 aromatic carbocycles. The van der Waals surface area contributed by atoms with Crippen molar-refractivity contribution in [2.24, 2.45) is 0 Å². The first-order valence-electron chi connectivity index (χ1n) is 7.91. The number of ether oxygens (including phenoxy) is 2. The van der Waals surface area contributed by atoms with Crippen LogP contribution in [0.5, 0.6) is 11.5 Å². The number of benzene rings is 2. The van der Waals surface area contributed by atoms with E-state index in [4.69, 9.17) is 9.47 Å². The van der Waals surface area contributed by atoms with Crippen LogP contribution in [0.1, 0.15) is 16.1 Å². The number of carbonyl (C=O) groups is 1. The minimum Gasteiger partial charge on any atom is -0.493 e. The number of thiazole rings is 1. The molecule has 3 rings (SSSR count). The van der Waals surface area contributed by atoms with Crippen LogP contribution in [0, 0.1) is 15.9 Å². The van der Waals surface area contributed by atoms with Crippen molar-refractivity contribution in [3.63, 3.8) is 0 Å². The summed E-state index contributed by atoms with van der Waals surface area (Å²) in [6, 6.07) is 7.34. The third-order valence-electron chi connectivity index (χ3n) is 3.69. The molecule has 8 nitrogen and oxygen atoms in total. The van der Waals surface area contributed by atoms with Crippen molar-refractivity contribution >= 4 is 28.6 Å². The minimum absolute atomic E-state index is 0.170. The van der Waals surface area contributed by atoms with E-state index in [0.29, 0.717) is 11.5 Å². The number of methoxy groups -OCH3 is 1. The number of nitro groups is 1. The van der Waals surface area contributed by atoms with Crippen LogP contribution in [0.2, 0.25) is 0 Å². The monoisotopic (exact) mass is 403 g/mol. The van der Waals surface area contributed by atoms with E-state index in [9.17, 15) is 19.3 Å². The lowest BCUT2D eigenvalue weighted by molar-refractivity contribution is -0.384. The van der Waals surface area contributed by atoms with Crippen LogP contribution in [0.3, 0.4) is 0 Å². The van der Waals surface area contributed by atoms with Gasteiger partial charge in [0.15, 0.2) is 11.5 Å². The maximum absolute atomic E-state index is 13.9. The molecule has 0 aliphatic rings. The first kappa shape index (κ1) is 19.2. The van der Waals surface area contributed by atoms with Gasteiger partial charge < -0.3 is 14.8 Å². The molecule has 0 spiro atoms. The predicted octanol–water partition coefficient (Wildman–Crippen LogP) is 4.03. The average Bonchev–Trinajstić information content (AvgIpc) is 3.21. The molecule has 0 atom stereocenters. The van der Waals surface area contributed by atoms with Gasteiger partial charge in [-0.25, -0.2) is 9.37 Å². The first-order chi connectivity index (χ1) is 13.5. The molecular formula is C18H14FN3O5S. The molecule has 1 amide bonds. The highest BCUT2D eigenvalue weighted by atomic mass is 32.1. The Morgan fingerprint density at radius 3 is 2.79 bits per heavy atom. The van der Waals surface area contributed by atoms with Crippen LogP contribution < -0.4 is 14.8 Å². The van der Waals surface area contributed by atoms with Gasteiger partial charge in [0.1, 0.15) is 12.4 Å². The zero-order chi connectivity index (χ0) is 20.1. The third kappa shape index (κ3) is 4.41. The maximum atomic E-state index is 13.9. The number of nitro benzene ring substituents is 1. The largest absolute Gasteiger partial charge is 0.493 e. The number of amides is 1. The van der Waals surface area contributed by atoms with Gasteiger partial charge in [-0.1, -0.05) is 0 Å². The van der Waals surface area contributed by atoms with Crippen molar-refractivity contribution in [1.82, 2.24) is 4.98 Å². The summed E-state index contributed by atoms with van der Waals surface area (Å²) in [6.45, 7) is 0.240. The zero-order valence-corrected chi connectivity index (χ0v) is 15.4. The number of halogens is 1. The van der Waals surface area contributed by atoms with E-state index in [1.165, 1.54) is 30.6 Å². The lowest BCUT2D eigenvalue weighted by atomic mass is 10.1. The summed E-state index contributed by atoms with van der Waals surface area (Å²) in [5.41, 5.74) is 2.00. The standard InChI is InChI=1S/C18H14FN3O5S/c1-26-17-6-11(2-5-16(17)27-8-12-9-28-10-20-12)18(23)21-15-7-13(22(24)25)3-4-14(15)19/h2-7,9-10H,8H2,1H3,(H,21,23). The topological polar surface area (TPSA) is 104 Å². The molecule has 0 bridgehead atoms. The Bertz CT molecular complexity index is 1010. The van der Waals surface area contributed by atoms with Crippen LogP contribution in [-0.4, -0.2) is 22.9 Å². The summed E-state index contributed by atoms with van der Waals surface area (Å²) >= 11 is 1.45. The molecule has 0 aliphatic heterocycles. The molecule has 0 radical (unpaired) electrons. The molecule has 144 valence electrons. The molecular weight excluding hydrogens is 389 g/mol. The van der Waals surface area contributed by atoms with Gasteiger partial charge in [0.25, 0.3) is 11.6 Å². The van der Waals surface area contributed by atoms with Gasteiger partial charge in [-0.3, -0.25) is 14.9 Å². The fourth-order valence-electron chi connectivity index (χ4n) is 2.31. The molecule has 1 N–H and O–H groups in total. The van der Waals surface area contributed by atoms with Crippen molar-refractivity contribution in [3.05, 3.63) is 74.5 Å². The normalized spacial score (nSPS) is 10.4. The summed E-state index contributed by atoms with van der Waals surface area (Å²) in [4.78, 5) is 26.7. The quantitative estimate of drug-likeness (QED) is 0.472. The molecule has 1 heterocycles. The molecule has 0 unspecified atom stereocenters. The third-order valence-corrected chi connectivity index (χ3v) is 4.33. The first-order valence-corrected chi connectivity index (χ1v) is 8.85. The van der Waals surface area contributed by atoms with Crippen LogP contribution in [0.15, 0.2) is 47.3 Å². The summed E-state index contributed by atoms with van der Waals surface area (Å²) in [5.74, 6) is -0.714. The number of nitrogens with one attached hydrogen (secondary N) is 1. The minimum atomic E-state index is -0.783. The van der Waals surface area contributed by atoms with E-state index in [1.54, 1.807) is 11.6 Å². The van der Waals surface area contributed by atoms with Crippen LogP contribution >= 0.6 is 11.3 Å². The maximum Gasteiger partial charge on any atom is 0.271 e. The predicted molar refractivity (Wildman–Crippen MR) is 100 cm³/mol. The van der Waals surface area contributed by atoms with Crippen LogP contribution in [0.4, 0.5) is 15.8 Å². The molecule has 0 saturated heterocycles. The fourth-order valence-corrected chi connectivity index (χ4v) is 2.85. The highest BCUT2D eigenvalue weighted by Crippen LogP contribution is 2.29. The SMILES string of the molecule is COc1cc(C(=O)Nc2cc([N+](=O)[O-])ccc2F)ccc1OCc1cscn1. The van der Waals surface area contributed by atoms with Crippen molar-refractivity contribution in [3.8, 4) is 11.5 Å². The number of hydrogen-bond acceptors (Lipinski definition) is 7. The number of hydrogen-bond donors (Lipinski definition) is 1. The van der Waals surface area contributed by atoms with E-state index in [2.05, 4.69) is 10.3 Å². The van der Waals surface area contributed by atoms with Gasteiger partial charge in [-0.05, 0) is 24.3 Å². The van der Waals surface area contributed by atoms with E-state index >= 15 is 0 Å². The lowest BCUT2D eigenvalue weighted by Crippen LogP contribution is -2.13. The molecule has 10 heteroatoms. The summed E-state index contributed by atoms with van der Waals surface area (Å²) < 4.78 is 24.8. The van der Waals surface area contributed by atoms with Gasteiger partial charge in [0, 0.05) is 23.1 Å². The second-order valence-electron chi connectivity index (χ2n) is 5.51. The van der Waals surface area contributed by atoms with E-state index in [0.717, 1.165) is 23.9 Å². The van der Waals surface area contributed by atoms with Gasteiger partial charge >= 0.3 is 0 Å². The second kappa shape index (κ2) is 8.44. The fraction of sp³-hybridized carbons (Fsp3) is 0.111. The molecule has 0 saturated carbocycles. The van der Waals surface area contributed by atoms with Crippen LogP contribution in [-0.2, 0) is 6.61 Å². The number of non-ortho nitro benzene ring substituents is 1. The molecule has 28 heavy (non-hydrogen) atoms. The lowest BCUT2D eigenvalue weighted by Gasteiger charge is -2.12. The number of carbonyl (C=O) groups excluding carboxylic acids is 1. The van der Waals surface area contributed by atoms with Crippen molar-refractivity contribution in [1.29, 1.82) is 0 Å². The zero-order valence-electron chi connectivity index (χ0n) is 14.5. The second-order valence-corrected chi connectivity index (χ2v) is 6.23. The number of anilines is 1. The number of nitrogens with zero attached hydrogens (tertiary/aromatic N) is 2. The van der Waals surface area contributed by atoms with Crippen molar-refractivity contribution in [2.45, 2.75) is 6.61 Å². The molecule has 3 aromatic rings. The smallest absolute Gasteiger partial charge is 0.271 e. The van der Waals surface area contributed by atoms with Gasteiger partial charge in [0.05, 0.1) is 28.9 Å².